The lowest BCUT2D eigenvalue weighted by molar-refractivity contribution is -0.146. The number of carbonyl (C=O) groups is 5. The van der Waals surface area contributed by atoms with E-state index < -0.39 is 63.2 Å². The van der Waals surface area contributed by atoms with Crippen molar-refractivity contribution in [3.8, 4) is 6.07 Å². The number of hydrogen-bond donors (Lipinski definition) is 5. The first-order valence-electron chi connectivity index (χ1n) is 14.2. The second kappa shape index (κ2) is 17.5. The van der Waals surface area contributed by atoms with Gasteiger partial charge >= 0.3 is 23.9 Å². The summed E-state index contributed by atoms with van der Waals surface area (Å²) in [4.78, 5) is 61.0. The lowest BCUT2D eigenvalue weighted by Gasteiger charge is -2.42. The monoisotopic (exact) mass is 682 g/mol. The molecule has 0 saturated heterocycles. The van der Waals surface area contributed by atoms with E-state index in [1.807, 2.05) is 0 Å². The summed E-state index contributed by atoms with van der Waals surface area (Å²) in [7, 11) is 0. The molecule has 4 atom stereocenters. The zero-order chi connectivity index (χ0) is 34.6. The molecule has 0 fully saturated rings. The molecule has 0 aliphatic rings. The van der Waals surface area contributed by atoms with Crippen LogP contribution in [0.1, 0.15) is 72.3 Å². The van der Waals surface area contributed by atoms with E-state index in [0.717, 1.165) is 23.5 Å². The van der Waals surface area contributed by atoms with Gasteiger partial charge in [0, 0.05) is 29.3 Å². The lowest BCUT2D eigenvalue weighted by Crippen LogP contribution is -2.48. The molecule has 0 saturated carbocycles. The number of rotatable bonds is 19. The van der Waals surface area contributed by atoms with Gasteiger partial charge in [0.1, 0.15) is 9.57 Å². The number of amides is 1. The molecule has 5 N–H and O–H groups in total. The average molecular weight is 683 g/mol. The standard InChI is InChI=1S/C31H42N2O9S3/c1-29(2,31(5,18-32)13-11-23(34)35)17-20(25(38)33-22(27(41)42)15-19-9-7-6-8-10-19)16-21(26(39)40)30(3,4)45-28(43)44-14-12-24(36)37/h6-10,20-22H,11-17H2,1-5H3,(H,33,38)(H,34,35)(H,36,37)(H,39,40)(H,41,42). The molecule has 1 aromatic rings. The first-order valence-corrected chi connectivity index (χ1v) is 16.5. The predicted molar refractivity (Wildman–Crippen MR) is 177 cm³/mol. The van der Waals surface area contributed by atoms with Crippen molar-refractivity contribution in [2.45, 2.75) is 83.9 Å². The molecule has 1 rings (SSSR count). The summed E-state index contributed by atoms with van der Waals surface area (Å²) in [6.45, 7) is 8.33. The maximum atomic E-state index is 13.9. The van der Waals surface area contributed by atoms with Crippen LogP contribution in [0.25, 0.3) is 0 Å². The summed E-state index contributed by atoms with van der Waals surface area (Å²) in [5.41, 5.74) is -1.55. The van der Waals surface area contributed by atoms with Crippen molar-refractivity contribution in [3.05, 3.63) is 35.9 Å². The number of aliphatic carboxylic acids is 4. The maximum Gasteiger partial charge on any atom is 0.326 e. The van der Waals surface area contributed by atoms with E-state index in [-0.39, 0.29) is 44.3 Å². The van der Waals surface area contributed by atoms with Gasteiger partial charge in [-0.25, -0.2) is 4.79 Å². The predicted octanol–water partition coefficient (Wildman–Crippen LogP) is 5.32. The third kappa shape index (κ3) is 13.0. The number of hydrogen-bond acceptors (Lipinski definition) is 9. The molecule has 0 spiro atoms. The molecule has 248 valence electrons. The molecule has 14 heteroatoms. The van der Waals surface area contributed by atoms with Gasteiger partial charge in [-0.15, -0.1) is 23.5 Å². The van der Waals surface area contributed by atoms with Crippen molar-refractivity contribution >= 4 is 69.1 Å². The zero-order valence-electron chi connectivity index (χ0n) is 26.1. The largest absolute Gasteiger partial charge is 0.481 e. The van der Waals surface area contributed by atoms with Crippen LogP contribution < -0.4 is 5.32 Å². The summed E-state index contributed by atoms with van der Waals surface area (Å²) in [6.07, 6.45) is -0.719. The number of thiocarbonyl (C=S) groups is 1. The number of carboxylic acids is 4. The molecule has 4 unspecified atom stereocenters. The minimum Gasteiger partial charge on any atom is -0.481 e. The number of carbonyl (C=O) groups excluding carboxylic acids is 1. The molecule has 11 nitrogen and oxygen atoms in total. The van der Waals surface area contributed by atoms with Crippen LogP contribution >= 0.6 is 35.7 Å². The first-order chi connectivity index (χ1) is 20.7. The van der Waals surface area contributed by atoms with Crippen molar-refractivity contribution in [2.75, 3.05) is 5.75 Å². The third-order valence-electron chi connectivity index (χ3n) is 8.14. The van der Waals surface area contributed by atoms with Gasteiger partial charge in [-0.2, -0.15) is 5.26 Å². The fraction of sp³-hybridized carbons (Fsp3) is 0.581. The Balaban J connectivity index is 3.45. The minimum atomic E-state index is -1.32. The van der Waals surface area contributed by atoms with Crippen LogP contribution in [0.3, 0.4) is 0 Å². The van der Waals surface area contributed by atoms with Gasteiger partial charge in [0.25, 0.3) is 0 Å². The highest BCUT2D eigenvalue weighted by Crippen LogP contribution is 2.48. The number of nitrogens with zero attached hydrogens (tertiary/aromatic N) is 1. The SMILES string of the molecule is CC(C)(SC(=S)SCCC(=O)O)C(CC(CC(C)(C)C(C)(C#N)CCC(=O)O)C(=O)NC(Cc1ccccc1)C(=O)O)C(=O)O. The molecular weight excluding hydrogens is 641 g/mol. The van der Waals surface area contributed by atoms with Crippen LogP contribution in [-0.2, 0) is 30.4 Å². The van der Waals surface area contributed by atoms with E-state index in [1.54, 1.807) is 65.0 Å². The number of thioether (sulfide) groups is 2. The molecule has 1 aromatic carbocycles. The number of carboxylic acid groups (broad SMARTS) is 4. The number of benzene rings is 1. The van der Waals surface area contributed by atoms with Crippen LogP contribution in [0.4, 0.5) is 0 Å². The van der Waals surface area contributed by atoms with Crippen molar-refractivity contribution in [3.63, 3.8) is 0 Å². The molecule has 1 amide bonds. The Morgan fingerprint density at radius 1 is 0.933 bits per heavy atom. The molecule has 0 radical (unpaired) electrons. The van der Waals surface area contributed by atoms with Gasteiger partial charge in [-0.1, -0.05) is 56.4 Å². The summed E-state index contributed by atoms with van der Waals surface area (Å²) in [6, 6.07) is 9.58. The summed E-state index contributed by atoms with van der Waals surface area (Å²) in [5.74, 6) is -7.31. The van der Waals surface area contributed by atoms with Crippen molar-refractivity contribution in [1.29, 1.82) is 5.26 Å². The van der Waals surface area contributed by atoms with Crippen LogP contribution in [-0.4, -0.2) is 70.3 Å². The second-order valence-corrected chi connectivity index (χ2v) is 16.2. The number of nitriles is 1. The third-order valence-corrected chi connectivity index (χ3v) is 11.0. The van der Waals surface area contributed by atoms with Crippen LogP contribution in [0, 0.1) is 34.0 Å². The highest BCUT2D eigenvalue weighted by Gasteiger charge is 2.47. The van der Waals surface area contributed by atoms with Crippen LogP contribution in [0.2, 0.25) is 0 Å². The Labute approximate surface area is 277 Å². The lowest BCUT2D eigenvalue weighted by atomic mass is 9.61. The number of nitrogens with one attached hydrogen (secondary N) is 1. The quantitative estimate of drug-likeness (QED) is 0.117. The smallest absolute Gasteiger partial charge is 0.326 e. The van der Waals surface area contributed by atoms with E-state index in [9.17, 15) is 44.6 Å². The zero-order valence-corrected chi connectivity index (χ0v) is 28.5. The fourth-order valence-electron chi connectivity index (χ4n) is 4.87. The van der Waals surface area contributed by atoms with Gasteiger partial charge in [0.15, 0.2) is 0 Å². The Morgan fingerprint density at radius 2 is 1.51 bits per heavy atom. The Morgan fingerprint density at radius 3 is 2.00 bits per heavy atom. The molecule has 0 aliphatic carbocycles. The molecule has 0 heterocycles. The van der Waals surface area contributed by atoms with Gasteiger partial charge in [-0.3, -0.25) is 19.2 Å². The Bertz CT molecular complexity index is 1280. The fourth-order valence-corrected chi connectivity index (χ4v) is 8.11. The van der Waals surface area contributed by atoms with Gasteiger partial charge in [0.05, 0.1) is 23.8 Å². The van der Waals surface area contributed by atoms with Crippen LogP contribution in [0.15, 0.2) is 30.3 Å². The van der Waals surface area contributed by atoms with Gasteiger partial charge in [0.2, 0.25) is 5.91 Å². The highest BCUT2D eigenvalue weighted by atomic mass is 32.2. The van der Waals surface area contributed by atoms with Crippen molar-refractivity contribution in [1.82, 2.24) is 5.32 Å². The molecule has 0 bridgehead atoms. The van der Waals surface area contributed by atoms with Crippen molar-refractivity contribution in [2.24, 2.45) is 22.7 Å². The highest BCUT2D eigenvalue weighted by molar-refractivity contribution is 8.47. The van der Waals surface area contributed by atoms with E-state index in [2.05, 4.69) is 11.4 Å². The van der Waals surface area contributed by atoms with Gasteiger partial charge in [-0.05, 0) is 51.0 Å². The van der Waals surface area contributed by atoms with E-state index in [0.29, 0.717) is 9.09 Å². The topological polar surface area (TPSA) is 202 Å². The summed E-state index contributed by atoms with van der Waals surface area (Å²) < 4.78 is -0.728. The normalized spacial score (nSPS) is 15.0. The van der Waals surface area contributed by atoms with E-state index in [1.165, 1.54) is 0 Å². The summed E-state index contributed by atoms with van der Waals surface area (Å²) in [5, 5.41) is 51.1. The minimum absolute atomic E-state index is 0.0158. The Hall–Kier alpha value is -3.15. The molecule has 0 aromatic heterocycles. The average Bonchev–Trinajstić information content (AvgIpc) is 2.92. The second-order valence-electron chi connectivity index (χ2n) is 12.3. The molecular formula is C31H42N2O9S3. The summed E-state index contributed by atoms with van der Waals surface area (Å²) >= 11 is 7.58. The van der Waals surface area contributed by atoms with E-state index in [4.69, 9.17) is 17.3 Å². The van der Waals surface area contributed by atoms with Crippen LogP contribution in [0.5, 0.6) is 0 Å². The van der Waals surface area contributed by atoms with Gasteiger partial charge < -0.3 is 25.7 Å². The Kier molecular flexibility index (Phi) is 15.5. The molecule has 0 aliphatic heterocycles. The van der Waals surface area contributed by atoms with E-state index >= 15 is 0 Å². The molecule has 45 heavy (non-hydrogen) atoms. The maximum absolute atomic E-state index is 13.9. The van der Waals surface area contributed by atoms with Crippen molar-refractivity contribution < 1.29 is 44.4 Å². The first kappa shape index (κ1) is 39.9.